The van der Waals surface area contributed by atoms with Crippen molar-refractivity contribution in [1.82, 2.24) is 0 Å². The van der Waals surface area contributed by atoms with Crippen LogP contribution in [0.1, 0.15) is 36.5 Å². The van der Waals surface area contributed by atoms with E-state index in [1.54, 1.807) is 0 Å². The van der Waals surface area contributed by atoms with Gasteiger partial charge in [-0.3, -0.25) is 0 Å². The molecule has 7 heteroatoms. The third-order valence-electron chi connectivity index (χ3n) is 4.45. The van der Waals surface area contributed by atoms with E-state index in [-0.39, 0.29) is 33.3 Å². The zero-order valence-electron chi connectivity index (χ0n) is 14.5. The average molecular weight is 430 g/mol. The van der Waals surface area contributed by atoms with Crippen LogP contribution < -0.4 is 4.74 Å². The summed E-state index contributed by atoms with van der Waals surface area (Å²) in [6.45, 7) is 0.722. The van der Waals surface area contributed by atoms with Gasteiger partial charge in [-0.25, -0.2) is 4.79 Å². The minimum atomic E-state index is -1.35. The molecule has 2 unspecified atom stereocenters. The molecule has 1 saturated heterocycles. The van der Waals surface area contributed by atoms with Crippen molar-refractivity contribution in [3.63, 3.8) is 0 Å². The summed E-state index contributed by atoms with van der Waals surface area (Å²) in [7, 11) is 0. The summed E-state index contributed by atoms with van der Waals surface area (Å²) in [5.41, 5.74) is 1.85. The van der Waals surface area contributed by atoms with Gasteiger partial charge < -0.3 is 14.6 Å². The van der Waals surface area contributed by atoms with Crippen molar-refractivity contribution in [1.29, 1.82) is 0 Å². The molecule has 0 radical (unpaired) electrons. The van der Waals surface area contributed by atoms with Gasteiger partial charge in [0.15, 0.2) is 11.9 Å². The first-order chi connectivity index (χ1) is 13.0. The molecule has 3 rings (SSSR count). The summed E-state index contributed by atoms with van der Waals surface area (Å²) < 4.78 is 11.0. The summed E-state index contributed by atoms with van der Waals surface area (Å²) in [5, 5.41) is 11.0. The van der Waals surface area contributed by atoms with Gasteiger partial charge in [-0.05, 0) is 36.5 Å². The van der Waals surface area contributed by atoms with E-state index in [0.717, 1.165) is 37.0 Å². The second-order valence-corrected chi connectivity index (χ2v) is 7.61. The Labute approximate surface area is 172 Å². The van der Waals surface area contributed by atoms with Crippen LogP contribution in [-0.4, -0.2) is 23.8 Å². The first kappa shape index (κ1) is 20.4. The second-order valence-electron chi connectivity index (χ2n) is 6.39. The molecule has 0 saturated carbocycles. The van der Waals surface area contributed by atoms with Crippen LogP contribution in [0.15, 0.2) is 36.4 Å². The Morgan fingerprint density at radius 3 is 2.63 bits per heavy atom. The summed E-state index contributed by atoms with van der Waals surface area (Å²) in [6.07, 6.45) is 1.84. The highest BCUT2D eigenvalue weighted by atomic mass is 35.5. The number of aliphatic hydroxyl groups is 1. The molecule has 0 aliphatic carbocycles. The molecule has 2 aromatic rings. The van der Waals surface area contributed by atoms with E-state index in [1.165, 1.54) is 12.1 Å². The fraction of sp³-hybridized carbons (Fsp3) is 0.350. The number of halogens is 3. The summed E-state index contributed by atoms with van der Waals surface area (Å²) in [6, 6.07) is 10.4. The van der Waals surface area contributed by atoms with Crippen molar-refractivity contribution in [3.8, 4) is 5.75 Å². The Kier molecular flexibility index (Phi) is 7.01. The molecule has 1 heterocycles. The van der Waals surface area contributed by atoms with Crippen LogP contribution in [0.25, 0.3) is 0 Å². The Balaban J connectivity index is 1.71. The van der Waals surface area contributed by atoms with E-state index in [0.29, 0.717) is 0 Å². The maximum atomic E-state index is 12.3. The van der Waals surface area contributed by atoms with Gasteiger partial charge in [-0.2, -0.15) is 0 Å². The van der Waals surface area contributed by atoms with Crippen molar-refractivity contribution >= 4 is 40.8 Å². The van der Waals surface area contributed by atoms with Crippen molar-refractivity contribution in [3.05, 3.63) is 62.6 Å². The molecule has 1 aliphatic rings. The molecule has 1 fully saturated rings. The number of hydrogen-bond acceptors (Lipinski definition) is 4. The lowest BCUT2D eigenvalue weighted by molar-refractivity contribution is -0.143. The Morgan fingerprint density at radius 1 is 1.15 bits per heavy atom. The highest BCUT2D eigenvalue weighted by Crippen LogP contribution is 2.34. The maximum absolute atomic E-state index is 12.3. The standard InChI is InChI=1S/C20H19Cl3O4/c21-14-10-16(23)19(11-15(14)22)27-20(25)17(24)9-12-5-1-2-6-13(12)18-7-3-4-8-26-18/h1-2,5-6,10-11,17-18,24H,3-4,7-9H2. The van der Waals surface area contributed by atoms with E-state index in [4.69, 9.17) is 44.3 Å². The highest BCUT2D eigenvalue weighted by molar-refractivity contribution is 6.43. The minimum absolute atomic E-state index is 0.0114. The monoisotopic (exact) mass is 428 g/mol. The molecule has 0 aromatic heterocycles. The average Bonchev–Trinajstić information content (AvgIpc) is 2.67. The molecule has 1 aliphatic heterocycles. The number of rotatable bonds is 5. The van der Waals surface area contributed by atoms with Crippen LogP contribution in [0.2, 0.25) is 15.1 Å². The Morgan fingerprint density at radius 2 is 1.89 bits per heavy atom. The van der Waals surface area contributed by atoms with Crippen LogP contribution in [0, 0.1) is 0 Å². The number of ether oxygens (including phenoxy) is 2. The topological polar surface area (TPSA) is 55.8 Å². The number of aliphatic hydroxyl groups excluding tert-OH is 1. The van der Waals surface area contributed by atoms with E-state index in [2.05, 4.69) is 0 Å². The lowest BCUT2D eigenvalue weighted by Gasteiger charge is -2.25. The zero-order chi connectivity index (χ0) is 19.4. The lowest BCUT2D eigenvalue weighted by atomic mass is 9.94. The summed E-state index contributed by atoms with van der Waals surface area (Å²) >= 11 is 17.8. The normalized spacial score (nSPS) is 18.1. The number of hydrogen-bond donors (Lipinski definition) is 1. The minimum Gasteiger partial charge on any atom is -0.423 e. The van der Waals surface area contributed by atoms with Crippen molar-refractivity contribution in [2.75, 3.05) is 6.61 Å². The molecule has 0 bridgehead atoms. The second kappa shape index (κ2) is 9.26. The van der Waals surface area contributed by atoms with Crippen LogP contribution >= 0.6 is 34.8 Å². The third-order valence-corrected chi connectivity index (χ3v) is 5.47. The number of benzene rings is 2. The molecule has 4 nitrogen and oxygen atoms in total. The van der Waals surface area contributed by atoms with Gasteiger partial charge in [0.1, 0.15) is 0 Å². The molecular formula is C20H19Cl3O4. The molecule has 0 spiro atoms. The van der Waals surface area contributed by atoms with Gasteiger partial charge in [-0.1, -0.05) is 59.1 Å². The number of carbonyl (C=O) groups excluding carboxylic acids is 1. The Hall–Kier alpha value is -1.30. The Bertz CT molecular complexity index is 819. The maximum Gasteiger partial charge on any atom is 0.340 e. The fourth-order valence-corrected chi connectivity index (χ4v) is 3.65. The van der Waals surface area contributed by atoms with Crippen LogP contribution in [0.5, 0.6) is 5.75 Å². The van der Waals surface area contributed by atoms with E-state index in [1.807, 2.05) is 24.3 Å². The lowest BCUT2D eigenvalue weighted by Crippen LogP contribution is -2.28. The SMILES string of the molecule is O=C(Oc1cc(Cl)c(Cl)cc1Cl)C(O)Cc1ccccc1C1CCCCO1. The molecule has 27 heavy (non-hydrogen) atoms. The third kappa shape index (κ3) is 5.15. The van der Waals surface area contributed by atoms with Gasteiger partial charge >= 0.3 is 5.97 Å². The molecule has 2 aromatic carbocycles. The molecule has 2 atom stereocenters. The van der Waals surface area contributed by atoms with Crippen LogP contribution in [0.3, 0.4) is 0 Å². The summed E-state index contributed by atoms with van der Waals surface area (Å²) in [5.74, 6) is -0.756. The first-order valence-corrected chi connectivity index (χ1v) is 9.83. The largest absolute Gasteiger partial charge is 0.423 e. The molecular weight excluding hydrogens is 411 g/mol. The summed E-state index contributed by atoms with van der Waals surface area (Å²) in [4.78, 5) is 12.3. The fourth-order valence-electron chi connectivity index (χ4n) is 3.07. The van der Waals surface area contributed by atoms with E-state index in [9.17, 15) is 9.90 Å². The van der Waals surface area contributed by atoms with Gasteiger partial charge in [-0.15, -0.1) is 0 Å². The number of carbonyl (C=O) groups is 1. The van der Waals surface area contributed by atoms with E-state index < -0.39 is 12.1 Å². The van der Waals surface area contributed by atoms with Gasteiger partial charge in [0, 0.05) is 19.1 Å². The molecule has 1 N–H and O–H groups in total. The van der Waals surface area contributed by atoms with Crippen molar-refractivity contribution in [2.24, 2.45) is 0 Å². The smallest absolute Gasteiger partial charge is 0.340 e. The number of esters is 1. The predicted octanol–water partition coefficient (Wildman–Crippen LogP) is 5.40. The van der Waals surface area contributed by atoms with E-state index >= 15 is 0 Å². The van der Waals surface area contributed by atoms with Crippen molar-refractivity contribution < 1.29 is 19.4 Å². The van der Waals surface area contributed by atoms with Gasteiger partial charge in [0.2, 0.25) is 0 Å². The van der Waals surface area contributed by atoms with Crippen LogP contribution in [0.4, 0.5) is 0 Å². The highest BCUT2D eigenvalue weighted by Gasteiger charge is 2.24. The van der Waals surface area contributed by atoms with Gasteiger partial charge in [0.05, 0.1) is 21.2 Å². The van der Waals surface area contributed by atoms with Gasteiger partial charge in [0.25, 0.3) is 0 Å². The zero-order valence-corrected chi connectivity index (χ0v) is 16.7. The van der Waals surface area contributed by atoms with Crippen LogP contribution in [-0.2, 0) is 16.0 Å². The van der Waals surface area contributed by atoms with Crippen molar-refractivity contribution in [2.45, 2.75) is 37.9 Å². The predicted molar refractivity (Wildman–Crippen MR) is 106 cm³/mol. The first-order valence-electron chi connectivity index (χ1n) is 8.69. The molecule has 144 valence electrons. The quantitative estimate of drug-likeness (QED) is 0.393. The molecule has 0 amide bonds.